The van der Waals surface area contributed by atoms with Crippen molar-refractivity contribution < 1.29 is 14.3 Å². The summed E-state index contributed by atoms with van der Waals surface area (Å²) in [4.78, 5) is 10.9. The maximum absolute atomic E-state index is 13.7. The predicted octanol–water partition coefficient (Wildman–Crippen LogP) is 3.29. The fourth-order valence-electron chi connectivity index (χ4n) is 1.69. The van der Waals surface area contributed by atoms with Gasteiger partial charge in [-0.1, -0.05) is 15.9 Å². The van der Waals surface area contributed by atoms with E-state index in [-0.39, 0.29) is 5.69 Å². The molecule has 88 valence electrons. The maximum atomic E-state index is 13.7. The van der Waals surface area contributed by atoms with Crippen molar-refractivity contribution in [3.05, 3.63) is 46.3 Å². The molecule has 2 rings (SSSR count). The maximum Gasteiger partial charge on any atom is 0.352 e. The van der Waals surface area contributed by atoms with E-state index in [0.29, 0.717) is 15.7 Å². The van der Waals surface area contributed by atoms with Gasteiger partial charge in [-0.2, -0.15) is 0 Å². The molecule has 0 spiro atoms. The summed E-state index contributed by atoms with van der Waals surface area (Å²) in [6.07, 6.45) is 0. The summed E-state index contributed by atoms with van der Waals surface area (Å²) in [5.41, 5.74) is 1.04. The predicted molar refractivity (Wildman–Crippen MR) is 65.5 cm³/mol. The standard InChI is InChI=1S/C12H9BrFNO2/c1-15-10(4-5-11(15)12(16)17)8-3-2-7(13)6-9(8)14/h2-6H,1H3,(H,16,17). The summed E-state index contributed by atoms with van der Waals surface area (Å²) < 4.78 is 15.8. The molecule has 0 fully saturated rings. The molecule has 0 atom stereocenters. The minimum absolute atomic E-state index is 0.127. The normalized spacial score (nSPS) is 10.5. The van der Waals surface area contributed by atoms with Gasteiger partial charge in [0.1, 0.15) is 11.5 Å². The molecule has 1 N–H and O–H groups in total. The van der Waals surface area contributed by atoms with Crippen LogP contribution in [0.15, 0.2) is 34.8 Å². The molecule has 0 aliphatic heterocycles. The lowest BCUT2D eigenvalue weighted by Crippen LogP contribution is -2.05. The van der Waals surface area contributed by atoms with Gasteiger partial charge < -0.3 is 9.67 Å². The highest BCUT2D eigenvalue weighted by molar-refractivity contribution is 9.10. The first-order valence-electron chi connectivity index (χ1n) is 4.85. The monoisotopic (exact) mass is 297 g/mol. The third-order valence-corrected chi connectivity index (χ3v) is 3.04. The number of hydrogen-bond donors (Lipinski definition) is 1. The van der Waals surface area contributed by atoms with Gasteiger partial charge in [0.25, 0.3) is 0 Å². The molecule has 1 aromatic heterocycles. The van der Waals surface area contributed by atoms with Gasteiger partial charge in [0.05, 0.1) is 5.69 Å². The van der Waals surface area contributed by atoms with Gasteiger partial charge in [0.15, 0.2) is 0 Å². The Kier molecular flexibility index (Phi) is 3.02. The Morgan fingerprint density at radius 2 is 2.06 bits per heavy atom. The molecule has 0 aliphatic rings. The Labute approximate surface area is 106 Å². The number of hydrogen-bond acceptors (Lipinski definition) is 1. The number of carbonyl (C=O) groups is 1. The molecular weight excluding hydrogens is 289 g/mol. The average molecular weight is 298 g/mol. The molecule has 0 saturated carbocycles. The second-order valence-corrected chi connectivity index (χ2v) is 4.51. The van der Waals surface area contributed by atoms with Crippen LogP contribution in [0.5, 0.6) is 0 Å². The minimum Gasteiger partial charge on any atom is -0.477 e. The number of carboxylic acids is 1. The van der Waals surface area contributed by atoms with Crippen molar-refractivity contribution in [2.45, 2.75) is 0 Å². The summed E-state index contributed by atoms with van der Waals surface area (Å²) in [6, 6.07) is 7.73. The molecule has 0 aliphatic carbocycles. The van der Waals surface area contributed by atoms with E-state index < -0.39 is 11.8 Å². The van der Waals surface area contributed by atoms with Crippen LogP contribution in [0.2, 0.25) is 0 Å². The summed E-state index contributed by atoms with van der Waals surface area (Å²) >= 11 is 3.17. The van der Waals surface area contributed by atoms with E-state index in [9.17, 15) is 9.18 Å². The molecule has 0 bridgehead atoms. The van der Waals surface area contributed by atoms with E-state index in [1.165, 1.54) is 16.7 Å². The van der Waals surface area contributed by atoms with Gasteiger partial charge in [-0.25, -0.2) is 9.18 Å². The van der Waals surface area contributed by atoms with E-state index in [0.717, 1.165) is 0 Å². The fourth-order valence-corrected chi connectivity index (χ4v) is 2.03. The van der Waals surface area contributed by atoms with E-state index in [4.69, 9.17) is 5.11 Å². The zero-order valence-corrected chi connectivity index (χ0v) is 10.5. The number of rotatable bonds is 2. The highest BCUT2D eigenvalue weighted by Gasteiger charge is 2.14. The molecular formula is C12H9BrFNO2. The molecule has 17 heavy (non-hydrogen) atoms. The van der Waals surface area contributed by atoms with Gasteiger partial charge in [-0.05, 0) is 30.3 Å². The van der Waals surface area contributed by atoms with E-state index >= 15 is 0 Å². The zero-order valence-electron chi connectivity index (χ0n) is 8.95. The molecule has 5 heteroatoms. The van der Waals surface area contributed by atoms with Gasteiger partial charge in [0, 0.05) is 17.1 Å². The number of nitrogens with zero attached hydrogens (tertiary/aromatic N) is 1. The molecule has 3 nitrogen and oxygen atoms in total. The number of carboxylic acid groups (broad SMARTS) is 1. The first-order chi connectivity index (χ1) is 8.00. The summed E-state index contributed by atoms with van der Waals surface area (Å²) in [5, 5.41) is 8.92. The quantitative estimate of drug-likeness (QED) is 0.924. The SMILES string of the molecule is Cn1c(C(=O)O)ccc1-c1ccc(Br)cc1F. The highest BCUT2D eigenvalue weighted by Crippen LogP contribution is 2.26. The number of aromatic nitrogens is 1. The second-order valence-electron chi connectivity index (χ2n) is 3.59. The van der Waals surface area contributed by atoms with E-state index in [1.807, 2.05) is 0 Å². The largest absolute Gasteiger partial charge is 0.477 e. The second kappa shape index (κ2) is 4.33. The molecule has 1 aromatic carbocycles. The van der Waals surface area contributed by atoms with Crippen molar-refractivity contribution >= 4 is 21.9 Å². The Morgan fingerprint density at radius 3 is 2.59 bits per heavy atom. The van der Waals surface area contributed by atoms with Crippen LogP contribution in [-0.4, -0.2) is 15.6 Å². The highest BCUT2D eigenvalue weighted by atomic mass is 79.9. The lowest BCUT2D eigenvalue weighted by atomic mass is 10.1. The molecule has 2 aromatic rings. The average Bonchev–Trinajstić information content (AvgIpc) is 2.60. The molecule has 0 unspecified atom stereocenters. The molecule has 1 heterocycles. The van der Waals surface area contributed by atoms with Crippen LogP contribution in [0.25, 0.3) is 11.3 Å². The summed E-state index contributed by atoms with van der Waals surface area (Å²) in [5.74, 6) is -1.42. The van der Waals surface area contributed by atoms with Gasteiger partial charge in [0.2, 0.25) is 0 Å². The van der Waals surface area contributed by atoms with Crippen molar-refractivity contribution in [1.82, 2.24) is 4.57 Å². The number of halogens is 2. The van der Waals surface area contributed by atoms with Gasteiger partial charge in [-0.3, -0.25) is 0 Å². The number of benzene rings is 1. The van der Waals surface area contributed by atoms with Crippen molar-refractivity contribution in [3.8, 4) is 11.3 Å². The van der Waals surface area contributed by atoms with Crippen LogP contribution in [-0.2, 0) is 7.05 Å². The van der Waals surface area contributed by atoms with E-state index in [1.54, 1.807) is 25.2 Å². The van der Waals surface area contributed by atoms with Gasteiger partial charge >= 0.3 is 5.97 Å². The van der Waals surface area contributed by atoms with Crippen molar-refractivity contribution in [2.24, 2.45) is 7.05 Å². The van der Waals surface area contributed by atoms with Crippen molar-refractivity contribution in [2.75, 3.05) is 0 Å². The van der Waals surface area contributed by atoms with Crippen LogP contribution in [0.3, 0.4) is 0 Å². The van der Waals surface area contributed by atoms with Crippen LogP contribution in [0.1, 0.15) is 10.5 Å². The van der Waals surface area contributed by atoms with Crippen LogP contribution in [0, 0.1) is 5.82 Å². The minimum atomic E-state index is -1.03. The number of aromatic carboxylic acids is 1. The lowest BCUT2D eigenvalue weighted by Gasteiger charge is -2.06. The lowest BCUT2D eigenvalue weighted by molar-refractivity contribution is 0.0686. The summed E-state index contributed by atoms with van der Waals surface area (Å²) in [6.45, 7) is 0. The van der Waals surface area contributed by atoms with Gasteiger partial charge in [-0.15, -0.1) is 0 Å². The Balaban J connectivity index is 2.57. The fraction of sp³-hybridized carbons (Fsp3) is 0.0833. The Hall–Kier alpha value is -1.62. The third-order valence-electron chi connectivity index (χ3n) is 2.55. The van der Waals surface area contributed by atoms with E-state index in [2.05, 4.69) is 15.9 Å². The molecule has 0 amide bonds. The van der Waals surface area contributed by atoms with Crippen LogP contribution < -0.4 is 0 Å². The summed E-state index contributed by atoms with van der Waals surface area (Å²) in [7, 11) is 1.60. The topological polar surface area (TPSA) is 42.2 Å². The molecule has 0 radical (unpaired) electrons. The zero-order chi connectivity index (χ0) is 12.6. The van der Waals surface area contributed by atoms with Crippen LogP contribution >= 0.6 is 15.9 Å². The molecule has 0 saturated heterocycles. The smallest absolute Gasteiger partial charge is 0.352 e. The van der Waals surface area contributed by atoms with Crippen LogP contribution in [0.4, 0.5) is 4.39 Å². The van der Waals surface area contributed by atoms with Crippen molar-refractivity contribution in [3.63, 3.8) is 0 Å². The Bertz CT molecular complexity index is 592. The first kappa shape index (κ1) is 11.9. The first-order valence-corrected chi connectivity index (χ1v) is 5.64. The Morgan fingerprint density at radius 1 is 1.35 bits per heavy atom. The third kappa shape index (κ3) is 2.10. The van der Waals surface area contributed by atoms with Crippen molar-refractivity contribution in [1.29, 1.82) is 0 Å².